The second-order valence-electron chi connectivity index (χ2n) is 10.9. The molecule has 0 aromatic carbocycles. The first kappa shape index (κ1) is 35.2. The number of hydrogen-bond acceptors (Lipinski definition) is 5. The summed E-state index contributed by atoms with van der Waals surface area (Å²) in [4.78, 5) is 24.9. The van der Waals surface area contributed by atoms with E-state index in [1.165, 1.54) is 89.9 Å². The number of unbranched alkanes of at least 4 members (excludes halogenated alkanes) is 20. The molecule has 5 nitrogen and oxygen atoms in total. The molecule has 0 spiro atoms. The second-order valence-corrected chi connectivity index (χ2v) is 10.9. The van der Waals surface area contributed by atoms with E-state index in [9.17, 15) is 24.9 Å². The van der Waals surface area contributed by atoms with Crippen LogP contribution in [0.3, 0.4) is 0 Å². The standard InChI is InChI=1S/C31H60O5/c1-3-5-7-9-11-13-14-15-16-18-19-21-23-25-28(33)30(35)31(36,27-32)29(34)26-24-22-20-17-12-10-8-6-4-2/h30,32,35-36H,3-27H2,1-2H3. The molecule has 3 N–H and O–H groups in total. The number of ketones is 2. The SMILES string of the molecule is CCCCCCCCCCCCCCCC(=O)C(O)C(O)(CO)C(=O)CCCCCCCCCCC. The van der Waals surface area contributed by atoms with Crippen LogP contribution in [0.25, 0.3) is 0 Å². The minimum atomic E-state index is -2.37. The summed E-state index contributed by atoms with van der Waals surface area (Å²) in [7, 11) is 0. The summed E-state index contributed by atoms with van der Waals surface area (Å²) in [6.07, 6.45) is 23.9. The van der Waals surface area contributed by atoms with E-state index in [1.807, 2.05) is 0 Å². The lowest BCUT2D eigenvalue weighted by molar-refractivity contribution is -0.165. The molecule has 0 aromatic heterocycles. The molecular formula is C31H60O5. The van der Waals surface area contributed by atoms with Gasteiger partial charge in [0.25, 0.3) is 0 Å². The molecule has 0 aliphatic carbocycles. The maximum Gasteiger partial charge on any atom is 0.178 e. The molecule has 0 radical (unpaired) electrons. The minimum Gasteiger partial charge on any atom is -0.393 e. The van der Waals surface area contributed by atoms with Gasteiger partial charge in [-0.3, -0.25) is 9.59 Å². The van der Waals surface area contributed by atoms with Crippen LogP contribution in [0.2, 0.25) is 0 Å². The van der Waals surface area contributed by atoms with Crippen LogP contribution in [0.5, 0.6) is 0 Å². The van der Waals surface area contributed by atoms with Crippen LogP contribution in [0.1, 0.15) is 168 Å². The fourth-order valence-electron chi connectivity index (χ4n) is 4.86. The maximum atomic E-state index is 12.5. The van der Waals surface area contributed by atoms with Gasteiger partial charge in [0.1, 0.15) is 0 Å². The van der Waals surface area contributed by atoms with Crippen molar-refractivity contribution in [3.8, 4) is 0 Å². The van der Waals surface area contributed by atoms with E-state index in [2.05, 4.69) is 13.8 Å². The minimum absolute atomic E-state index is 0.0793. The molecule has 5 heteroatoms. The predicted molar refractivity (Wildman–Crippen MR) is 150 cm³/mol. The average molecular weight is 513 g/mol. The van der Waals surface area contributed by atoms with Crippen LogP contribution >= 0.6 is 0 Å². The first-order valence-electron chi connectivity index (χ1n) is 15.5. The van der Waals surface area contributed by atoms with Crippen molar-refractivity contribution in [3.63, 3.8) is 0 Å². The highest BCUT2D eigenvalue weighted by molar-refractivity contribution is 5.96. The zero-order valence-electron chi connectivity index (χ0n) is 23.9. The third-order valence-electron chi connectivity index (χ3n) is 7.52. The Kier molecular flexibility index (Phi) is 24.0. The lowest BCUT2D eigenvalue weighted by Crippen LogP contribution is -2.55. The summed E-state index contributed by atoms with van der Waals surface area (Å²) < 4.78 is 0. The van der Waals surface area contributed by atoms with Crippen molar-refractivity contribution < 1.29 is 24.9 Å². The van der Waals surface area contributed by atoms with Gasteiger partial charge in [0.15, 0.2) is 23.3 Å². The second kappa shape index (κ2) is 24.6. The smallest absolute Gasteiger partial charge is 0.178 e. The van der Waals surface area contributed by atoms with E-state index in [1.54, 1.807) is 0 Å². The maximum absolute atomic E-state index is 12.5. The number of carbonyl (C=O) groups excluding carboxylic acids is 2. The van der Waals surface area contributed by atoms with E-state index in [0.29, 0.717) is 12.8 Å². The summed E-state index contributed by atoms with van der Waals surface area (Å²) >= 11 is 0. The predicted octanol–water partition coefficient (Wildman–Crippen LogP) is 7.61. The van der Waals surface area contributed by atoms with Gasteiger partial charge < -0.3 is 15.3 Å². The molecule has 0 fully saturated rings. The fourth-order valence-corrected chi connectivity index (χ4v) is 4.86. The molecule has 36 heavy (non-hydrogen) atoms. The Morgan fingerprint density at radius 1 is 0.556 bits per heavy atom. The fraction of sp³-hybridized carbons (Fsp3) is 0.935. The number of Topliss-reactive ketones (excluding diaryl/α,β-unsaturated/α-hetero) is 2. The first-order chi connectivity index (χ1) is 17.4. The molecule has 0 saturated carbocycles. The summed E-state index contributed by atoms with van der Waals surface area (Å²) in [5.41, 5.74) is -2.37. The Hall–Kier alpha value is -0.780. The topological polar surface area (TPSA) is 94.8 Å². The van der Waals surface area contributed by atoms with E-state index < -0.39 is 29.9 Å². The van der Waals surface area contributed by atoms with Crippen molar-refractivity contribution in [1.82, 2.24) is 0 Å². The Morgan fingerprint density at radius 3 is 1.19 bits per heavy atom. The van der Waals surface area contributed by atoms with Crippen LogP contribution in [0.15, 0.2) is 0 Å². The molecule has 0 aliphatic rings. The van der Waals surface area contributed by atoms with Gasteiger partial charge in [0.2, 0.25) is 0 Å². The lowest BCUT2D eigenvalue weighted by atomic mass is 9.85. The Morgan fingerprint density at radius 2 is 0.861 bits per heavy atom. The van der Waals surface area contributed by atoms with Gasteiger partial charge in [-0.1, -0.05) is 142 Å². The van der Waals surface area contributed by atoms with Crippen molar-refractivity contribution in [3.05, 3.63) is 0 Å². The molecule has 0 rings (SSSR count). The summed E-state index contributed by atoms with van der Waals surface area (Å²) in [6.45, 7) is 3.53. The van der Waals surface area contributed by atoms with Gasteiger partial charge in [-0.25, -0.2) is 0 Å². The number of hydrogen-bond donors (Lipinski definition) is 3. The summed E-state index contributed by atoms with van der Waals surface area (Å²) in [5, 5.41) is 30.6. The average Bonchev–Trinajstić information content (AvgIpc) is 2.89. The molecule has 0 bridgehead atoms. The van der Waals surface area contributed by atoms with Crippen molar-refractivity contribution in [2.75, 3.05) is 6.61 Å². The van der Waals surface area contributed by atoms with E-state index in [4.69, 9.17) is 0 Å². The van der Waals surface area contributed by atoms with Crippen LogP contribution in [-0.2, 0) is 9.59 Å². The molecule has 0 aromatic rings. The lowest BCUT2D eigenvalue weighted by Gasteiger charge is -2.29. The number of rotatable bonds is 28. The van der Waals surface area contributed by atoms with E-state index in [0.717, 1.165) is 38.5 Å². The van der Waals surface area contributed by atoms with Gasteiger partial charge in [-0.05, 0) is 12.8 Å². The Labute approximate surface area is 222 Å². The van der Waals surface area contributed by atoms with Crippen molar-refractivity contribution in [1.29, 1.82) is 0 Å². The van der Waals surface area contributed by atoms with Crippen LogP contribution in [-0.4, -0.2) is 45.2 Å². The van der Waals surface area contributed by atoms with Crippen molar-refractivity contribution in [2.24, 2.45) is 0 Å². The van der Waals surface area contributed by atoms with Gasteiger partial charge in [0, 0.05) is 12.8 Å². The molecule has 0 aliphatic heterocycles. The molecule has 214 valence electrons. The highest BCUT2D eigenvalue weighted by atomic mass is 16.4. The van der Waals surface area contributed by atoms with Crippen molar-refractivity contribution in [2.45, 2.75) is 180 Å². The Balaban J connectivity index is 3.92. The number of aliphatic hydroxyl groups excluding tert-OH is 2. The molecule has 0 amide bonds. The van der Waals surface area contributed by atoms with E-state index in [-0.39, 0.29) is 12.8 Å². The summed E-state index contributed by atoms with van der Waals surface area (Å²) in [5.74, 6) is -1.17. The molecule has 2 unspecified atom stereocenters. The van der Waals surface area contributed by atoms with Gasteiger partial charge >= 0.3 is 0 Å². The van der Waals surface area contributed by atoms with Crippen molar-refractivity contribution >= 4 is 11.6 Å². The number of aliphatic hydroxyl groups is 3. The molecule has 2 atom stereocenters. The highest BCUT2D eigenvalue weighted by Gasteiger charge is 2.45. The molecular weight excluding hydrogens is 452 g/mol. The van der Waals surface area contributed by atoms with Gasteiger partial charge in [-0.15, -0.1) is 0 Å². The monoisotopic (exact) mass is 512 g/mol. The van der Waals surface area contributed by atoms with Gasteiger partial charge in [-0.2, -0.15) is 0 Å². The Bertz CT molecular complexity index is 521. The summed E-state index contributed by atoms with van der Waals surface area (Å²) in [6, 6.07) is 0. The first-order valence-corrected chi connectivity index (χ1v) is 15.5. The van der Waals surface area contributed by atoms with Crippen LogP contribution in [0, 0.1) is 0 Å². The normalized spacial score (nSPS) is 14.0. The van der Waals surface area contributed by atoms with Crippen LogP contribution < -0.4 is 0 Å². The van der Waals surface area contributed by atoms with Crippen LogP contribution in [0.4, 0.5) is 0 Å². The quantitative estimate of drug-likeness (QED) is 0.0938. The number of carbonyl (C=O) groups is 2. The zero-order valence-corrected chi connectivity index (χ0v) is 23.9. The third kappa shape index (κ3) is 17.6. The molecule has 0 heterocycles. The largest absolute Gasteiger partial charge is 0.393 e. The highest BCUT2D eigenvalue weighted by Crippen LogP contribution is 2.20. The van der Waals surface area contributed by atoms with Gasteiger partial charge in [0.05, 0.1) is 6.61 Å². The zero-order chi connectivity index (χ0) is 26.9. The van der Waals surface area contributed by atoms with E-state index >= 15 is 0 Å². The third-order valence-corrected chi connectivity index (χ3v) is 7.52. The molecule has 0 saturated heterocycles.